The Balaban J connectivity index is 1.72. The standard InChI is InChI=1S/C16H18FN3O/c17-15-9-11(7-8-18-15)12-5-6-16(19-10-12)20-13-3-1-2-4-14(13)21/h5-10,13-14,21H,1-4H2,(H,19,20)/t13-,14-/m0/s1. The molecule has 2 atom stereocenters. The Morgan fingerprint density at radius 3 is 2.67 bits per heavy atom. The number of nitrogens with zero attached hydrogens (tertiary/aromatic N) is 2. The summed E-state index contributed by atoms with van der Waals surface area (Å²) < 4.78 is 13.1. The minimum atomic E-state index is -0.500. The summed E-state index contributed by atoms with van der Waals surface area (Å²) in [4.78, 5) is 7.89. The van der Waals surface area contributed by atoms with E-state index >= 15 is 0 Å². The van der Waals surface area contributed by atoms with Gasteiger partial charge in [-0.05, 0) is 36.6 Å². The van der Waals surface area contributed by atoms with E-state index in [0.29, 0.717) is 0 Å². The molecule has 5 heteroatoms. The molecule has 0 radical (unpaired) electrons. The zero-order chi connectivity index (χ0) is 14.7. The quantitative estimate of drug-likeness (QED) is 0.852. The number of rotatable bonds is 3. The van der Waals surface area contributed by atoms with Gasteiger partial charge in [0.05, 0.1) is 12.1 Å². The van der Waals surface area contributed by atoms with Gasteiger partial charge in [0.15, 0.2) is 0 Å². The van der Waals surface area contributed by atoms with E-state index in [2.05, 4.69) is 15.3 Å². The number of nitrogens with one attached hydrogen (secondary N) is 1. The van der Waals surface area contributed by atoms with E-state index in [4.69, 9.17) is 0 Å². The van der Waals surface area contributed by atoms with Crippen LogP contribution in [0.3, 0.4) is 0 Å². The lowest BCUT2D eigenvalue weighted by molar-refractivity contribution is 0.116. The number of hydrogen-bond acceptors (Lipinski definition) is 4. The Bertz CT molecular complexity index is 603. The zero-order valence-corrected chi connectivity index (χ0v) is 11.7. The first-order chi connectivity index (χ1) is 10.2. The summed E-state index contributed by atoms with van der Waals surface area (Å²) in [5, 5.41) is 13.2. The van der Waals surface area contributed by atoms with E-state index in [9.17, 15) is 9.50 Å². The minimum absolute atomic E-state index is 0.0652. The van der Waals surface area contributed by atoms with E-state index < -0.39 is 5.95 Å². The second kappa shape index (κ2) is 6.18. The highest BCUT2D eigenvalue weighted by atomic mass is 19.1. The predicted molar refractivity (Wildman–Crippen MR) is 79.3 cm³/mol. The van der Waals surface area contributed by atoms with Crippen LogP contribution >= 0.6 is 0 Å². The van der Waals surface area contributed by atoms with Crippen molar-refractivity contribution in [2.45, 2.75) is 37.8 Å². The van der Waals surface area contributed by atoms with Crippen LogP contribution in [0.1, 0.15) is 25.7 Å². The average Bonchev–Trinajstić information content (AvgIpc) is 2.50. The molecule has 0 aromatic carbocycles. The van der Waals surface area contributed by atoms with Crippen LogP contribution < -0.4 is 5.32 Å². The zero-order valence-electron chi connectivity index (χ0n) is 11.7. The van der Waals surface area contributed by atoms with Gasteiger partial charge in [-0.1, -0.05) is 12.8 Å². The Morgan fingerprint density at radius 2 is 1.95 bits per heavy atom. The van der Waals surface area contributed by atoms with Gasteiger partial charge in [0.2, 0.25) is 5.95 Å². The molecule has 1 saturated carbocycles. The lowest BCUT2D eigenvalue weighted by atomic mass is 9.92. The molecule has 0 unspecified atom stereocenters. The lowest BCUT2D eigenvalue weighted by Gasteiger charge is -2.28. The van der Waals surface area contributed by atoms with Crippen molar-refractivity contribution in [3.8, 4) is 11.1 Å². The van der Waals surface area contributed by atoms with Crippen molar-refractivity contribution in [1.29, 1.82) is 0 Å². The molecule has 21 heavy (non-hydrogen) atoms. The first kappa shape index (κ1) is 13.9. The van der Waals surface area contributed by atoms with E-state index in [1.165, 1.54) is 12.3 Å². The van der Waals surface area contributed by atoms with E-state index in [1.54, 1.807) is 12.3 Å². The van der Waals surface area contributed by atoms with Crippen LogP contribution in [0.25, 0.3) is 11.1 Å². The van der Waals surface area contributed by atoms with E-state index in [1.807, 2.05) is 12.1 Å². The van der Waals surface area contributed by atoms with Crippen LogP contribution in [0.2, 0.25) is 0 Å². The molecule has 2 aromatic heterocycles. The van der Waals surface area contributed by atoms with Crippen LogP contribution in [0.4, 0.5) is 10.2 Å². The van der Waals surface area contributed by atoms with Crippen molar-refractivity contribution in [3.05, 3.63) is 42.6 Å². The van der Waals surface area contributed by atoms with Gasteiger partial charge in [0.1, 0.15) is 5.82 Å². The second-order valence-electron chi connectivity index (χ2n) is 5.40. The molecule has 1 aliphatic carbocycles. The fourth-order valence-electron chi connectivity index (χ4n) is 2.70. The van der Waals surface area contributed by atoms with Gasteiger partial charge in [-0.25, -0.2) is 9.97 Å². The Hall–Kier alpha value is -2.01. The molecule has 2 heterocycles. The van der Waals surface area contributed by atoms with Crippen molar-refractivity contribution in [2.75, 3.05) is 5.32 Å². The monoisotopic (exact) mass is 287 g/mol. The summed E-state index contributed by atoms with van der Waals surface area (Å²) in [5.41, 5.74) is 1.59. The van der Waals surface area contributed by atoms with E-state index in [-0.39, 0.29) is 12.1 Å². The van der Waals surface area contributed by atoms with Crippen LogP contribution in [0, 0.1) is 5.95 Å². The maximum absolute atomic E-state index is 13.1. The Kier molecular flexibility index (Phi) is 4.10. The van der Waals surface area contributed by atoms with Crippen LogP contribution in [0.5, 0.6) is 0 Å². The first-order valence-electron chi connectivity index (χ1n) is 7.25. The average molecular weight is 287 g/mol. The number of hydrogen-bond donors (Lipinski definition) is 2. The molecule has 4 nitrogen and oxygen atoms in total. The van der Waals surface area contributed by atoms with Crippen molar-refractivity contribution in [2.24, 2.45) is 0 Å². The number of anilines is 1. The number of halogens is 1. The molecule has 2 N–H and O–H groups in total. The number of aliphatic hydroxyl groups excluding tert-OH is 1. The molecule has 0 spiro atoms. The van der Waals surface area contributed by atoms with E-state index in [0.717, 1.165) is 42.6 Å². The summed E-state index contributed by atoms with van der Waals surface area (Å²) in [6.45, 7) is 0. The van der Waals surface area contributed by atoms with Crippen LogP contribution in [-0.2, 0) is 0 Å². The fraction of sp³-hybridized carbons (Fsp3) is 0.375. The summed E-state index contributed by atoms with van der Waals surface area (Å²) in [6, 6.07) is 6.94. The normalized spacial score (nSPS) is 22.0. The smallest absolute Gasteiger partial charge is 0.213 e. The first-order valence-corrected chi connectivity index (χ1v) is 7.25. The van der Waals surface area contributed by atoms with Gasteiger partial charge in [0, 0.05) is 24.0 Å². The maximum Gasteiger partial charge on any atom is 0.213 e. The molecule has 1 fully saturated rings. The molecule has 2 aromatic rings. The molecule has 3 rings (SSSR count). The number of aliphatic hydroxyl groups is 1. The van der Waals surface area contributed by atoms with Gasteiger partial charge < -0.3 is 10.4 Å². The summed E-state index contributed by atoms with van der Waals surface area (Å²) in [7, 11) is 0. The van der Waals surface area contributed by atoms with Gasteiger partial charge in [-0.3, -0.25) is 0 Å². The highest BCUT2D eigenvalue weighted by Gasteiger charge is 2.22. The summed E-state index contributed by atoms with van der Waals surface area (Å²) in [6.07, 6.45) is 6.84. The lowest BCUT2D eigenvalue weighted by Crippen LogP contribution is -2.36. The van der Waals surface area contributed by atoms with Gasteiger partial charge in [-0.2, -0.15) is 4.39 Å². The fourth-order valence-corrected chi connectivity index (χ4v) is 2.70. The van der Waals surface area contributed by atoms with Gasteiger partial charge >= 0.3 is 0 Å². The van der Waals surface area contributed by atoms with Crippen LogP contribution in [0.15, 0.2) is 36.7 Å². The molecule has 110 valence electrons. The molecular weight excluding hydrogens is 269 g/mol. The second-order valence-corrected chi connectivity index (χ2v) is 5.40. The molecule has 0 bridgehead atoms. The van der Waals surface area contributed by atoms with Crippen molar-refractivity contribution < 1.29 is 9.50 Å². The molecule has 1 aliphatic rings. The maximum atomic E-state index is 13.1. The Morgan fingerprint density at radius 1 is 1.10 bits per heavy atom. The minimum Gasteiger partial charge on any atom is -0.391 e. The SMILES string of the molecule is O[C@H]1CCCC[C@@H]1Nc1ccc(-c2ccnc(F)c2)cn1. The molecule has 0 aliphatic heterocycles. The largest absolute Gasteiger partial charge is 0.391 e. The number of pyridine rings is 2. The van der Waals surface area contributed by atoms with Crippen molar-refractivity contribution in [1.82, 2.24) is 9.97 Å². The summed E-state index contributed by atoms with van der Waals surface area (Å²) in [5.74, 6) is 0.235. The molecular formula is C16H18FN3O. The summed E-state index contributed by atoms with van der Waals surface area (Å²) >= 11 is 0. The topological polar surface area (TPSA) is 58.0 Å². The molecule has 0 saturated heterocycles. The van der Waals surface area contributed by atoms with Gasteiger partial charge in [0.25, 0.3) is 0 Å². The van der Waals surface area contributed by atoms with Crippen LogP contribution in [-0.4, -0.2) is 27.2 Å². The third-order valence-electron chi connectivity index (χ3n) is 3.89. The third kappa shape index (κ3) is 3.36. The molecule has 0 amide bonds. The third-order valence-corrected chi connectivity index (χ3v) is 3.89. The highest BCUT2D eigenvalue weighted by molar-refractivity contribution is 5.63. The predicted octanol–water partition coefficient (Wildman–Crippen LogP) is 3.00. The number of aromatic nitrogens is 2. The van der Waals surface area contributed by atoms with Crippen molar-refractivity contribution in [3.63, 3.8) is 0 Å². The van der Waals surface area contributed by atoms with Gasteiger partial charge in [-0.15, -0.1) is 0 Å². The highest BCUT2D eigenvalue weighted by Crippen LogP contribution is 2.23. The van der Waals surface area contributed by atoms with Crippen molar-refractivity contribution >= 4 is 5.82 Å². The Labute approximate surface area is 123 Å².